The van der Waals surface area contributed by atoms with E-state index in [1.807, 2.05) is 23.4 Å². The SMILES string of the molecule is CC(C)n1ccnc1C1CCCN(C(=O)CCc2cccc(F)c2)C1. The van der Waals surface area contributed by atoms with E-state index in [1.54, 1.807) is 6.07 Å². The van der Waals surface area contributed by atoms with Gasteiger partial charge in [-0.2, -0.15) is 0 Å². The van der Waals surface area contributed by atoms with Crippen LogP contribution in [0.3, 0.4) is 0 Å². The van der Waals surface area contributed by atoms with Crippen molar-refractivity contribution in [3.8, 4) is 0 Å². The molecule has 0 spiro atoms. The van der Waals surface area contributed by atoms with Crippen LogP contribution in [0, 0.1) is 5.82 Å². The predicted octanol–water partition coefficient (Wildman–Crippen LogP) is 3.94. The first-order valence-corrected chi connectivity index (χ1v) is 9.09. The lowest BCUT2D eigenvalue weighted by molar-refractivity contribution is -0.132. The van der Waals surface area contributed by atoms with Crippen LogP contribution in [0.25, 0.3) is 0 Å². The maximum absolute atomic E-state index is 13.3. The van der Waals surface area contributed by atoms with Gasteiger partial charge in [-0.3, -0.25) is 4.79 Å². The summed E-state index contributed by atoms with van der Waals surface area (Å²) in [6.07, 6.45) is 6.94. The quantitative estimate of drug-likeness (QED) is 0.825. The molecule has 0 aliphatic carbocycles. The number of carbonyl (C=O) groups is 1. The minimum Gasteiger partial charge on any atom is -0.342 e. The highest BCUT2D eigenvalue weighted by atomic mass is 19.1. The van der Waals surface area contributed by atoms with E-state index in [0.29, 0.717) is 24.8 Å². The summed E-state index contributed by atoms with van der Waals surface area (Å²) >= 11 is 0. The summed E-state index contributed by atoms with van der Waals surface area (Å²) in [5, 5.41) is 0. The van der Waals surface area contributed by atoms with E-state index in [2.05, 4.69) is 23.4 Å². The van der Waals surface area contributed by atoms with Gasteiger partial charge in [0.1, 0.15) is 11.6 Å². The number of rotatable bonds is 5. The van der Waals surface area contributed by atoms with Gasteiger partial charge in [0.15, 0.2) is 0 Å². The largest absolute Gasteiger partial charge is 0.342 e. The zero-order valence-electron chi connectivity index (χ0n) is 15.0. The maximum atomic E-state index is 13.3. The third-order valence-electron chi connectivity index (χ3n) is 4.91. The molecule has 25 heavy (non-hydrogen) atoms. The first-order valence-electron chi connectivity index (χ1n) is 9.09. The van der Waals surface area contributed by atoms with Gasteiger partial charge in [-0.25, -0.2) is 9.37 Å². The molecular formula is C20H26FN3O. The molecule has 1 aliphatic rings. The molecule has 1 fully saturated rings. The predicted molar refractivity (Wildman–Crippen MR) is 95.9 cm³/mol. The van der Waals surface area contributed by atoms with Crippen LogP contribution in [-0.2, 0) is 11.2 Å². The highest BCUT2D eigenvalue weighted by Gasteiger charge is 2.27. The Hall–Kier alpha value is -2.17. The maximum Gasteiger partial charge on any atom is 0.222 e. The minimum absolute atomic E-state index is 0.150. The molecule has 5 heteroatoms. The van der Waals surface area contributed by atoms with Crippen LogP contribution >= 0.6 is 0 Å². The lowest BCUT2D eigenvalue weighted by atomic mass is 9.96. The number of carbonyl (C=O) groups excluding carboxylic acids is 1. The number of hydrogen-bond acceptors (Lipinski definition) is 2. The summed E-state index contributed by atoms with van der Waals surface area (Å²) in [7, 11) is 0. The standard InChI is InChI=1S/C20H26FN3O/c1-15(2)24-12-10-22-20(24)17-6-4-11-23(14-17)19(25)9-8-16-5-3-7-18(21)13-16/h3,5,7,10,12-13,15,17H,4,6,8-9,11,14H2,1-2H3. The van der Waals surface area contributed by atoms with Crippen molar-refractivity contribution in [3.05, 3.63) is 53.9 Å². The number of likely N-dealkylation sites (tertiary alicyclic amines) is 1. The van der Waals surface area contributed by atoms with Crippen LogP contribution in [0.2, 0.25) is 0 Å². The van der Waals surface area contributed by atoms with Gasteiger partial charge in [0, 0.05) is 43.9 Å². The fourth-order valence-corrected chi connectivity index (χ4v) is 3.59. The van der Waals surface area contributed by atoms with Crippen molar-refractivity contribution in [2.75, 3.05) is 13.1 Å². The molecule has 0 radical (unpaired) electrons. The Morgan fingerprint density at radius 1 is 1.40 bits per heavy atom. The highest BCUT2D eigenvalue weighted by Crippen LogP contribution is 2.28. The number of aromatic nitrogens is 2. The Kier molecular flexibility index (Phi) is 5.51. The summed E-state index contributed by atoms with van der Waals surface area (Å²) in [6, 6.07) is 6.87. The van der Waals surface area contributed by atoms with Crippen LogP contribution in [0.15, 0.2) is 36.7 Å². The average molecular weight is 343 g/mol. The monoisotopic (exact) mass is 343 g/mol. The van der Waals surface area contributed by atoms with Crippen LogP contribution in [0.4, 0.5) is 4.39 Å². The first-order chi connectivity index (χ1) is 12.0. The molecule has 2 heterocycles. The molecule has 3 rings (SSSR count). The molecule has 0 N–H and O–H groups in total. The zero-order valence-corrected chi connectivity index (χ0v) is 15.0. The molecule has 0 bridgehead atoms. The Morgan fingerprint density at radius 3 is 3.00 bits per heavy atom. The third kappa shape index (κ3) is 4.27. The van der Waals surface area contributed by atoms with Gasteiger partial charge in [0.05, 0.1) is 0 Å². The van der Waals surface area contributed by atoms with Crippen molar-refractivity contribution in [2.24, 2.45) is 0 Å². The fourth-order valence-electron chi connectivity index (χ4n) is 3.59. The molecule has 134 valence electrons. The fraction of sp³-hybridized carbons (Fsp3) is 0.500. The third-order valence-corrected chi connectivity index (χ3v) is 4.91. The number of nitrogens with zero attached hydrogens (tertiary/aromatic N) is 3. The number of piperidine rings is 1. The molecule has 2 aromatic rings. The number of benzene rings is 1. The summed E-state index contributed by atoms with van der Waals surface area (Å²) < 4.78 is 15.5. The van der Waals surface area contributed by atoms with E-state index >= 15 is 0 Å². The van der Waals surface area contributed by atoms with Crippen molar-refractivity contribution in [1.29, 1.82) is 0 Å². The van der Waals surface area contributed by atoms with E-state index < -0.39 is 0 Å². The molecule has 1 atom stereocenters. The van der Waals surface area contributed by atoms with Gasteiger partial charge in [-0.05, 0) is 50.8 Å². The van der Waals surface area contributed by atoms with Gasteiger partial charge in [0.25, 0.3) is 0 Å². The lowest BCUT2D eigenvalue weighted by Crippen LogP contribution is -2.40. The van der Waals surface area contributed by atoms with Crippen LogP contribution < -0.4 is 0 Å². The molecule has 1 unspecified atom stereocenters. The van der Waals surface area contributed by atoms with Gasteiger partial charge in [0.2, 0.25) is 5.91 Å². The highest BCUT2D eigenvalue weighted by molar-refractivity contribution is 5.76. The van der Waals surface area contributed by atoms with Crippen molar-refractivity contribution in [1.82, 2.24) is 14.5 Å². The van der Waals surface area contributed by atoms with Crippen LogP contribution in [-0.4, -0.2) is 33.4 Å². The van der Waals surface area contributed by atoms with E-state index in [4.69, 9.17) is 0 Å². The topological polar surface area (TPSA) is 38.1 Å². The van der Waals surface area contributed by atoms with E-state index in [9.17, 15) is 9.18 Å². The normalized spacial score (nSPS) is 17.9. The Morgan fingerprint density at radius 2 is 2.24 bits per heavy atom. The second kappa shape index (κ2) is 7.81. The summed E-state index contributed by atoms with van der Waals surface area (Å²) in [4.78, 5) is 19.1. The molecule has 4 nitrogen and oxygen atoms in total. The molecule has 1 amide bonds. The zero-order chi connectivity index (χ0) is 17.8. The van der Waals surface area contributed by atoms with Gasteiger partial charge in [-0.1, -0.05) is 12.1 Å². The van der Waals surface area contributed by atoms with Gasteiger partial charge in [-0.15, -0.1) is 0 Å². The lowest BCUT2D eigenvalue weighted by Gasteiger charge is -2.33. The number of amides is 1. The summed E-state index contributed by atoms with van der Waals surface area (Å²) in [5.74, 6) is 1.28. The van der Waals surface area contributed by atoms with Crippen LogP contribution in [0.5, 0.6) is 0 Å². The number of imidazole rings is 1. The molecular weight excluding hydrogens is 317 g/mol. The molecule has 1 saturated heterocycles. The molecule has 1 aromatic carbocycles. The van der Waals surface area contributed by atoms with Crippen molar-refractivity contribution in [3.63, 3.8) is 0 Å². The second-order valence-corrected chi connectivity index (χ2v) is 7.10. The minimum atomic E-state index is -0.247. The number of hydrogen-bond donors (Lipinski definition) is 0. The molecule has 1 aromatic heterocycles. The second-order valence-electron chi connectivity index (χ2n) is 7.10. The summed E-state index contributed by atoms with van der Waals surface area (Å²) in [5.41, 5.74) is 0.872. The smallest absolute Gasteiger partial charge is 0.222 e. The van der Waals surface area contributed by atoms with Crippen molar-refractivity contribution in [2.45, 2.75) is 51.5 Å². The number of aryl methyl sites for hydroxylation is 1. The van der Waals surface area contributed by atoms with E-state index in [1.165, 1.54) is 12.1 Å². The van der Waals surface area contributed by atoms with E-state index in [0.717, 1.165) is 37.3 Å². The number of halogens is 1. The Labute approximate surface area is 148 Å². The average Bonchev–Trinajstić information content (AvgIpc) is 3.10. The Bertz CT molecular complexity index is 725. The van der Waals surface area contributed by atoms with E-state index in [-0.39, 0.29) is 11.7 Å². The molecule has 1 aliphatic heterocycles. The summed E-state index contributed by atoms with van der Waals surface area (Å²) in [6.45, 7) is 5.83. The Balaban J connectivity index is 1.61. The molecule has 0 saturated carbocycles. The van der Waals surface area contributed by atoms with Gasteiger partial charge >= 0.3 is 0 Å². The van der Waals surface area contributed by atoms with Crippen molar-refractivity contribution >= 4 is 5.91 Å². The van der Waals surface area contributed by atoms with Crippen molar-refractivity contribution < 1.29 is 9.18 Å². The first kappa shape index (κ1) is 17.6. The van der Waals surface area contributed by atoms with Gasteiger partial charge < -0.3 is 9.47 Å². The van der Waals surface area contributed by atoms with Crippen LogP contribution in [0.1, 0.15) is 56.5 Å².